The van der Waals surface area contributed by atoms with Crippen molar-refractivity contribution < 1.29 is 24.2 Å². The topological polar surface area (TPSA) is 84.9 Å². The predicted octanol–water partition coefficient (Wildman–Crippen LogP) is 4.03. The van der Waals surface area contributed by atoms with Gasteiger partial charge >= 0.3 is 5.97 Å². The van der Waals surface area contributed by atoms with Gasteiger partial charge in [0.1, 0.15) is 5.75 Å². The number of hydrogen-bond donors (Lipinski definition) is 2. The van der Waals surface area contributed by atoms with E-state index in [4.69, 9.17) is 14.6 Å². The predicted molar refractivity (Wildman–Crippen MR) is 113 cm³/mol. The third-order valence-corrected chi connectivity index (χ3v) is 4.55. The van der Waals surface area contributed by atoms with E-state index in [2.05, 4.69) is 5.32 Å². The number of rotatable bonds is 7. The molecule has 30 heavy (non-hydrogen) atoms. The number of aliphatic hydroxyl groups is 1. The summed E-state index contributed by atoms with van der Waals surface area (Å²) < 4.78 is 10.9. The van der Waals surface area contributed by atoms with E-state index < -0.39 is 18.0 Å². The number of carbonyl (C=O) groups is 2. The Bertz CT molecular complexity index is 1020. The van der Waals surface area contributed by atoms with Crippen LogP contribution in [0.1, 0.15) is 33.2 Å². The van der Waals surface area contributed by atoms with Crippen LogP contribution in [0.4, 0.5) is 5.69 Å². The monoisotopic (exact) mass is 405 g/mol. The number of hydrogen-bond acceptors (Lipinski definition) is 5. The highest BCUT2D eigenvalue weighted by molar-refractivity contribution is 5.99. The van der Waals surface area contributed by atoms with Crippen molar-refractivity contribution >= 4 is 17.6 Å². The molecule has 3 aromatic carbocycles. The van der Waals surface area contributed by atoms with Crippen molar-refractivity contribution in [3.05, 3.63) is 95.1 Å². The van der Waals surface area contributed by atoms with Crippen molar-refractivity contribution in [1.82, 2.24) is 0 Å². The van der Waals surface area contributed by atoms with Crippen molar-refractivity contribution in [3.63, 3.8) is 0 Å². The molecule has 6 nitrogen and oxygen atoms in total. The number of methoxy groups -OCH3 is 1. The van der Waals surface area contributed by atoms with Crippen LogP contribution in [-0.2, 0) is 16.1 Å². The van der Waals surface area contributed by atoms with E-state index in [-0.39, 0.29) is 12.2 Å². The molecular weight excluding hydrogens is 382 g/mol. The van der Waals surface area contributed by atoms with Gasteiger partial charge < -0.3 is 19.9 Å². The van der Waals surface area contributed by atoms with Crippen LogP contribution in [-0.4, -0.2) is 24.1 Å². The Morgan fingerprint density at radius 3 is 2.33 bits per heavy atom. The lowest BCUT2D eigenvalue weighted by Gasteiger charge is -2.19. The molecule has 0 heterocycles. The number of carbonyl (C=O) groups excluding carboxylic acids is 2. The van der Waals surface area contributed by atoms with Crippen LogP contribution < -0.4 is 10.1 Å². The number of amides is 1. The zero-order valence-electron chi connectivity index (χ0n) is 16.8. The van der Waals surface area contributed by atoms with Gasteiger partial charge in [-0.15, -0.1) is 0 Å². The Balaban J connectivity index is 1.86. The number of anilines is 1. The fourth-order valence-corrected chi connectivity index (χ4v) is 2.94. The molecule has 3 rings (SSSR count). The molecule has 0 spiro atoms. The molecule has 2 N–H and O–H groups in total. The Morgan fingerprint density at radius 2 is 1.70 bits per heavy atom. The van der Waals surface area contributed by atoms with Crippen LogP contribution in [0.2, 0.25) is 0 Å². The van der Waals surface area contributed by atoms with Crippen LogP contribution in [0.25, 0.3) is 0 Å². The summed E-state index contributed by atoms with van der Waals surface area (Å²) in [7, 11) is 1.52. The zero-order chi connectivity index (χ0) is 21.5. The first-order valence-corrected chi connectivity index (χ1v) is 9.43. The summed E-state index contributed by atoms with van der Waals surface area (Å²) in [5.74, 6) is -0.628. The van der Waals surface area contributed by atoms with E-state index >= 15 is 0 Å². The quantitative estimate of drug-likeness (QED) is 0.580. The third-order valence-electron chi connectivity index (χ3n) is 4.55. The normalized spacial score (nSPS) is 11.4. The van der Waals surface area contributed by atoms with Gasteiger partial charge in [-0.05, 0) is 42.3 Å². The lowest BCUT2D eigenvalue weighted by Crippen LogP contribution is -2.26. The van der Waals surface area contributed by atoms with Crippen molar-refractivity contribution in [2.75, 3.05) is 12.4 Å². The van der Waals surface area contributed by atoms with Gasteiger partial charge in [-0.1, -0.05) is 48.5 Å². The largest absolute Gasteiger partial charge is 0.495 e. The van der Waals surface area contributed by atoms with Crippen LogP contribution in [0.15, 0.2) is 72.8 Å². The fraction of sp³-hybridized carbons (Fsp3) is 0.167. The van der Waals surface area contributed by atoms with E-state index in [0.717, 1.165) is 5.56 Å². The van der Waals surface area contributed by atoms with Crippen molar-refractivity contribution in [3.8, 4) is 5.75 Å². The second-order valence-corrected chi connectivity index (χ2v) is 6.74. The highest BCUT2D eigenvalue weighted by Gasteiger charge is 2.26. The highest BCUT2D eigenvalue weighted by Crippen LogP contribution is 2.28. The second-order valence-electron chi connectivity index (χ2n) is 6.74. The number of aliphatic hydroxyl groups excluding tert-OH is 1. The fourth-order valence-electron chi connectivity index (χ4n) is 2.94. The van der Waals surface area contributed by atoms with Gasteiger partial charge in [0, 0.05) is 5.56 Å². The van der Waals surface area contributed by atoms with Gasteiger partial charge in [0.05, 0.1) is 25.0 Å². The van der Waals surface area contributed by atoms with E-state index in [0.29, 0.717) is 22.6 Å². The molecule has 0 bridgehead atoms. The molecule has 0 saturated carbocycles. The van der Waals surface area contributed by atoms with Gasteiger partial charge in [0.15, 0.2) is 0 Å². The minimum atomic E-state index is -1.15. The number of aryl methyl sites for hydroxylation is 1. The maximum Gasteiger partial charge on any atom is 0.339 e. The molecule has 3 aromatic rings. The lowest BCUT2D eigenvalue weighted by atomic mass is 10.1. The average Bonchev–Trinajstić information content (AvgIpc) is 2.78. The van der Waals surface area contributed by atoms with Gasteiger partial charge in [0.25, 0.3) is 5.91 Å². The Hall–Kier alpha value is -3.64. The first-order valence-electron chi connectivity index (χ1n) is 9.43. The lowest BCUT2D eigenvalue weighted by molar-refractivity contribution is -0.125. The van der Waals surface area contributed by atoms with Crippen LogP contribution in [0.5, 0.6) is 5.75 Å². The maximum absolute atomic E-state index is 13.1. The first-order chi connectivity index (χ1) is 14.5. The summed E-state index contributed by atoms with van der Waals surface area (Å²) in [6.07, 6.45) is -1.15. The molecule has 0 unspecified atom stereocenters. The Kier molecular flexibility index (Phi) is 6.83. The number of nitrogens with one attached hydrogen (secondary N) is 1. The van der Waals surface area contributed by atoms with E-state index in [1.165, 1.54) is 7.11 Å². The molecule has 0 fully saturated rings. The van der Waals surface area contributed by atoms with Crippen molar-refractivity contribution in [2.45, 2.75) is 19.6 Å². The first kappa shape index (κ1) is 21.1. The molecule has 0 aliphatic rings. The van der Waals surface area contributed by atoms with Crippen molar-refractivity contribution in [1.29, 1.82) is 0 Å². The Morgan fingerprint density at radius 1 is 1.00 bits per heavy atom. The van der Waals surface area contributed by atoms with Gasteiger partial charge in [-0.25, -0.2) is 4.79 Å². The van der Waals surface area contributed by atoms with E-state index in [1.54, 1.807) is 60.7 Å². The summed E-state index contributed by atoms with van der Waals surface area (Å²) in [5, 5.41) is 12.0. The molecule has 0 aromatic heterocycles. The summed E-state index contributed by atoms with van der Waals surface area (Å²) >= 11 is 0. The summed E-state index contributed by atoms with van der Waals surface area (Å²) in [6, 6.07) is 20.6. The molecule has 6 heteroatoms. The van der Waals surface area contributed by atoms with Gasteiger partial charge in [-0.3, -0.25) is 4.79 Å². The SMILES string of the molecule is COc1ccc(C)cc1NC(=O)[C@@H](OC(=O)c1ccc(CO)cc1)c1ccccc1. The zero-order valence-corrected chi connectivity index (χ0v) is 16.8. The molecule has 154 valence electrons. The van der Waals surface area contributed by atoms with Crippen LogP contribution >= 0.6 is 0 Å². The number of esters is 1. The maximum atomic E-state index is 13.1. The molecule has 1 atom stereocenters. The highest BCUT2D eigenvalue weighted by atomic mass is 16.5. The standard InChI is InChI=1S/C24H23NO5/c1-16-8-13-21(29-2)20(14-16)25-23(27)22(18-6-4-3-5-7-18)30-24(28)19-11-9-17(15-26)10-12-19/h3-14,22,26H,15H2,1-2H3,(H,25,27)/t22-/m0/s1. The smallest absolute Gasteiger partial charge is 0.339 e. The number of ether oxygens (including phenoxy) is 2. The molecule has 0 saturated heterocycles. The molecule has 1 amide bonds. The average molecular weight is 405 g/mol. The number of benzene rings is 3. The minimum absolute atomic E-state index is 0.122. The van der Waals surface area contributed by atoms with Crippen molar-refractivity contribution in [2.24, 2.45) is 0 Å². The molecule has 0 aliphatic heterocycles. The van der Waals surface area contributed by atoms with Crippen LogP contribution in [0, 0.1) is 6.92 Å². The molecular formula is C24H23NO5. The summed E-state index contributed by atoms with van der Waals surface area (Å²) in [6.45, 7) is 1.78. The summed E-state index contributed by atoms with van der Waals surface area (Å²) in [4.78, 5) is 25.8. The minimum Gasteiger partial charge on any atom is -0.495 e. The van der Waals surface area contributed by atoms with Gasteiger partial charge in [-0.2, -0.15) is 0 Å². The summed E-state index contributed by atoms with van der Waals surface area (Å²) in [5.41, 5.74) is 2.95. The third kappa shape index (κ3) is 5.04. The second kappa shape index (κ2) is 9.71. The van der Waals surface area contributed by atoms with E-state index in [9.17, 15) is 9.59 Å². The molecule has 0 aliphatic carbocycles. The Labute approximate surface area is 175 Å². The van der Waals surface area contributed by atoms with Gasteiger partial charge in [0.2, 0.25) is 6.10 Å². The van der Waals surface area contributed by atoms with E-state index in [1.807, 2.05) is 19.1 Å². The molecule has 0 radical (unpaired) electrons. The van der Waals surface area contributed by atoms with Crippen LogP contribution in [0.3, 0.4) is 0 Å².